The summed E-state index contributed by atoms with van der Waals surface area (Å²) in [5.41, 5.74) is 1.27. The van der Waals surface area contributed by atoms with Crippen LogP contribution in [0, 0.1) is 5.82 Å². The zero-order valence-corrected chi connectivity index (χ0v) is 14.2. The molecule has 0 bridgehead atoms. The monoisotopic (exact) mass is 362 g/mol. The maximum atomic E-state index is 12.9. The molecule has 3 amide bonds. The first-order valence-corrected chi connectivity index (χ1v) is 8.48. The fraction of sp³-hybridized carbons (Fsp3) is 0.0952. The van der Waals surface area contributed by atoms with Crippen LogP contribution in [0.2, 0.25) is 0 Å². The molecular formula is C21H15FN2O3. The largest absolute Gasteiger partial charge is 0.350 e. The number of benzene rings is 3. The summed E-state index contributed by atoms with van der Waals surface area (Å²) in [5.74, 6) is -1.57. The first-order chi connectivity index (χ1) is 13.1. The molecule has 0 fully saturated rings. The Morgan fingerprint density at radius 1 is 0.889 bits per heavy atom. The van der Waals surface area contributed by atoms with E-state index in [0.29, 0.717) is 22.1 Å². The summed E-state index contributed by atoms with van der Waals surface area (Å²) in [5, 5.41) is 4.16. The van der Waals surface area contributed by atoms with Gasteiger partial charge in [-0.2, -0.15) is 0 Å². The lowest BCUT2D eigenvalue weighted by molar-refractivity contribution is 0.0607. The summed E-state index contributed by atoms with van der Waals surface area (Å²) in [4.78, 5) is 38.7. The highest BCUT2D eigenvalue weighted by Crippen LogP contribution is 2.29. The number of halogens is 1. The first kappa shape index (κ1) is 16.9. The van der Waals surface area contributed by atoms with Crippen LogP contribution in [-0.4, -0.2) is 35.7 Å². The zero-order valence-electron chi connectivity index (χ0n) is 14.2. The van der Waals surface area contributed by atoms with Crippen molar-refractivity contribution in [3.05, 3.63) is 83.2 Å². The number of amides is 3. The van der Waals surface area contributed by atoms with E-state index >= 15 is 0 Å². The van der Waals surface area contributed by atoms with E-state index in [0.717, 1.165) is 10.3 Å². The second-order valence-electron chi connectivity index (χ2n) is 6.23. The smallest absolute Gasteiger partial charge is 0.261 e. The Balaban J connectivity index is 1.50. The molecule has 0 radical (unpaired) electrons. The number of imide groups is 1. The Morgan fingerprint density at radius 2 is 1.48 bits per heavy atom. The molecule has 3 aromatic rings. The van der Waals surface area contributed by atoms with E-state index in [1.165, 1.54) is 24.3 Å². The maximum Gasteiger partial charge on any atom is 0.261 e. The number of rotatable bonds is 4. The first-order valence-electron chi connectivity index (χ1n) is 8.48. The Kier molecular flexibility index (Phi) is 4.16. The van der Waals surface area contributed by atoms with Gasteiger partial charge in [0.05, 0.1) is 0 Å². The van der Waals surface area contributed by atoms with Crippen molar-refractivity contribution in [3.63, 3.8) is 0 Å². The zero-order chi connectivity index (χ0) is 19.0. The average molecular weight is 362 g/mol. The van der Waals surface area contributed by atoms with Gasteiger partial charge in [-0.3, -0.25) is 19.3 Å². The van der Waals surface area contributed by atoms with Gasteiger partial charge in [0, 0.05) is 35.2 Å². The van der Waals surface area contributed by atoms with Crippen molar-refractivity contribution in [1.29, 1.82) is 0 Å². The van der Waals surface area contributed by atoms with Crippen LogP contribution in [0.4, 0.5) is 4.39 Å². The molecule has 0 aromatic heterocycles. The van der Waals surface area contributed by atoms with Crippen molar-refractivity contribution >= 4 is 28.5 Å². The minimum atomic E-state index is -0.427. The van der Waals surface area contributed by atoms with E-state index in [2.05, 4.69) is 5.32 Å². The number of hydrogen-bond acceptors (Lipinski definition) is 3. The fourth-order valence-electron chi connectivity index (χ4n) is 3.27. The minimum Gasteiger partial charge on any atom is -0.350 e. The highest BCUT2D eigenvalue weighted by atomic mass is 19.1. The standard InChI is InChI=1S/C21H15FN2O3/c22-15-9-7-14(8-10-15)19(25)23-11-12-24-20(26)16-5-1-3-13-4-2-6-17(18(13)16)21(24)27/h1-10H,11-12H2,(H,23,25). The SMILES string of the molecule is O=C(NCCN1C(=O)c2cccc3cccc(c23)C1=O)c1ccc(F)cc1. The Hall–Kier alpha value is -3.54. The van der Waals surface area contributed by atoms with E-state index in [1.807, 2.05) is 12.1 Å². The van der Waals surface area contributed by atoms with Crippen LogP contribution in [0.25, 0.3) is 10.8 Å². The van der Waals surface area contributed by atoms with Crippen molar-refractivity contribution in [2.24, 2.45) is 0 Å². The number of nitrogens with zero attached hydrogens (tertiary/aromatic N) is 1. The lowest BCUT2D eigenvalue weighted by atomic mass is 9.94. The molecule has 1 heterocycles. The fourth-order valence-corrected chi connectivity index (χ4v) is 3.27. The van der Waals surface area contributed by atoms with Crippen LogP contribution in [0.15, 0.2) is 60.7 Å². The van der Waals surface area contributed by atoms with Gasteiger partial charge in [-0.25, -0.2) is 4.39 Å². The van der Waals surface area contributed by atoms with Crippen LogP contribution < -0.4 is 5.32 Å². The molecule has 0 saturated carbocycles. The molecule has 0 unspecified atom stereocenters. The summed E-state index contributed by atoms with van der Waals surface area (Å²) in [6, 6.07) is 15.8. The van der Waals surface area contributed by atoms with Gasteiger partial charge in [-0.05, 0) is 41.8 Å². The summed E-state index contributed by atoms with van der Waals surface area (Å²) < 4.78 is 12.9. The third kappa shape index (κ3) is 2.95. The van der Waals surface area contributed by atoms with E-state index in [4.69, 9.17) is 0 Å². The molecule has 6 heteroatoms. The molecule has 0 spiro atoms. The van der Waals surface area contributed by atoms with Crippen molar-refractivity contribution < 1.29 is 18.8 Å². The van der Waals surface area contributed by atoms with E-state index < -0.39 is 11.7 Å². The number of nitrogens with one attached hydrogen (secondary N) is 1. The van der Waals surface area contributed by atoms with Gasteiger partial charge < -0.3 is 5.32 Å². The lowest BCUT2D eigenvalue weighted by Gasteiger charge is -2.27. The van der Waals surface area contributed by atoms with Gasteiger partial charge in [0.15, 0.2) is 0 Å². The van der Waals surface area contributed by atoms with Crippen molar-refractivity contribution in [1.82, 2.24) is 10.2 Å². The molecule has 4 rings (SSSR count). The Morgan fingerprint density at radius 3 is 2.07 bits per heavy atom. The van der Waals surface area contributed by atoms with Crippen molar-refractivity contribution in [3.8, 4) is 0 Å². The Bertz CT molecular complexity index is 1030. The molecule has 134 valence electrons. The molecule has 1 aliphatic rings. The topological polar surface area (TPSA) is 66.5 Å². The highest BCUT2D eigenvalue weighted by molar-refractivity contribution is 6.25. The van der Waals surface area contributed by atoms with Crippen LogP contribution >= 0.6 is 0 Å². The van der Waals surface area contributed by atoms with Gasteiger partial charge in [0.25, 0.3) is 17.7 Å². The van der Waals surface area contributed by atoms with Crippen LogP contribution in [-0.2, 0) is 0 Å². The summed E-state index contributed by atoms with van der Waals surface area (Å²) in [6.07, 6.45) is 0. The minimum absolute atomic E-state index is 0.0509. The molecule has 27 heavy (non-hydrogen) atoms. The average Bonchev–Trinajstić information content (AvgIpc) is 2.69. The molecule has 0 saturated heterocycles. The second-order valence-corrected chi connectivity index (χ2v) is 6.23. The normalized spacial score (nSPS) is 13.1. The molecule has 1 N–H and O–H groups in total. The third-order valence-corrected chi connectivity index (χ3v) is 4.58. The predicted octanol–water partition coefficient (Wildman–Crippen LogP) is 3.00. The van der Waals surface area contributed by atoms with Crippen molar-refractivity contribution in [2.75, 3.05) is 13.1 Å². The molecule has 0 atom stereocenters. The van der Waals surface area contributed by atoms with Crippen LogP contribution in [0.1, 0.15) is 31.1 Å². The molecule has 5 nitrogen and oxygen atoms in total. The summed E-state index contributed by atoms with van der Waals surface area (Å²) >= 11 is 0. The summed E-state index contributed by atoms with van der Waals surface area (Å²) in [7, 11) is 0. The van der Waals surface area contributed by atoms with Crippen LogP contribution in [0.5, 0.6) is 0 Å². The quantitative estimate of drug-likeness (QED) is 0.726. The molecular weight excluding hydrogens is 347 g/mol. The van der Waals surface area contributed by atoms with E-state index in [9.17, 15) is 18.8 Å². The van der Waals surface area contributed by atoms with E-state index in [1.54, 1.807) is 24.3 Å². The van der Waals surface area contributed by atoms with Gasteiger partial charge in [-0.15, -0.1) is 0 Å². The second kappa shape index (κ2) is 6.64. The molecule has 0 aliphatic carbocycles. The maximum absolute atomic E-state index is 12.9. The van der Waals surface area contributed by atoms with Crippen LogP contribution in [0.3, 0.4) is 0 Å². The van der Waals surface area contributed by atoms with Gasteiger partial charge in [0.1, 0.15) is 5.82 Å². The van der Waals surface area contributed by atoms with E-state index in [-0.39, 0.29) is 24.9 Å². The lowest BCUT2D eigenvalue weighted by Crippen LogP contribution is -2.44. The third-order valence-electron chi connectivity index (χ3n) is 4.58. The number of hydrogen-bond donors (Lipinski definition) is 1. The van der Waals surface area contributed by atoms with Gasteiger partial charge in [-0.1, -0.05) is 24.3 Å². The number of carbonyl (C=O) groups excluding carboxylic acids is 3. The number of carbonyl (C=O) groups is 3. The van der Waals surface area contributed by atoms with Crippen molar-refractivity contribution in [2.45, 2.75) is 0 Å². The Labute approximate surface area is 154 Å². The molecule has 3 aromatic carbocycles. The van der Waals surface area contributed by atoms with Gasteiger partial charge >= 0.3 is 0 Å². The van der Waals surface area contributed by atoms with Gasteiger partial charge in [0.2, 0.25) is 0 Å². The highest BCUT2D eigenvalue weighted by Gasteiger charge is 2.32. The predicted molar refractivity (Wildman–Crippen MR) is 98.0 cm³/mol. The summed E-state index contributed by atoms with van der Waals surface area (Å²) in [6.45, 7) is 0.154. The molecule has 1 aliphatic heterocycles.